The van der Waals surface area contributed by atoms with Crippen LogP contribution in [0.4, 0.5) is 0 Å². The summed E-state index contributed by atoms with van der Waals surface area (Å²) in [4.78, 5) is 34.1. The average Bonchev–Trinajstić information content (AvgIpc) is 1.73. The molecule has 14 rings (SSSR count). The monoisotopic (exact) mass is 1180 g/mol. The molecule has 2 aliphatic carbocycles. The minimum atomic E-state index is -0.786. The van der Waals surface area contributed by atoms with E-state index in [1.807, 2.05) is 86.9 Å². The zero-order chi connectivity index (χ0) is 55.1. The fourth-order valence-corrected chi connectivity index (χ4v) is 12.5. The summed E-state index contributed by atoms with van der Waals surface area (Å²) in [5, 5.41) is 13.0. The number of pyridine rings is 2. The number of fused-ring (bicyclic) bond motifs is 4. The predicted octanol–water partition coefficient (Wildman–Crippen LogP) is 18.0. The smallest absolute Gasteiger partial charge is 0.174 e. The first-order chi connectivity index (χ1) is 39.7. The quantitative estimate of drug-likeness (QED) is 0.127. The Balaban J connectivity index is 0.000000194. The van der Waals surface area contributed by atoms with Gasteiger partial charge in [-0.05, 0) is 146 Å². The molecule has 0 radical (unpaired) electrons. The number of halogens is 1. The molecule has 0 atom stereocenters. The van der Waals surface area contributed by atoms with Crippen LogP contribution >= 0.6 is 15.9 Å². The van der Waals surface area contributed by atoms with E-state index in [0.717, 1.165) is 111 Å². The number of aromatic nitrogens is 6. The van der Waals surface area contributed by atoms with Gasteiger partial charge in [-0.1, -0.05) is 218 Å². The maximum Gasteiger partial charge on any atom is 0.174 e. The molecule has 8 aromatic carbocycles. The largest absolute Gasteiger partial charge is 0.294 e. The third kappa shape index (κ3) is 10.6. The molecular formula is C76H69BrN6O2. The molecule has 0 bridgehead atoms. The third-order valence-electron chi connectivity index (χ3n) is 15.7. The van der Waals surface area contributed by atoms with E-state index in [-0.39, 0.29) is 41.3 Å². The number of carbonyl (C=O) groups excluding carboxylic acids is 2. The van der Waals surface area contributed by atoms with E-state index in [1.165, 1.54) is 0 Å². The van der Waals surface area contributed by atoms with Gasteiger partial charge in [-0.3, -0.25) is 19.6 Å². The maximum absolute atomic E-state index is 12.8. The first-order valence-corrected chi connectivity index (χ1v) is 27.9. The Morgan fingerprint density at radius 2 is 0.753 bits per heavy atom. The van der Waals surface area contributed by atoms with E-state index in [2.05, 4.69) is 217 Å². The Kier molecular flexibility index (Phi) is 17.6. The standard InChI is InChI=1S/C36H26BrN3O.C36H27N3O.4CH4/c1-24-19-25(17-18-38-24)35-31-20-26-21-32(37)34(41)23-27(26)22-33(31)40(39-35)36(28-11-5-2-6-12-28,29-13-7-3-8-14-29)30-15-9-4-10-16-30;1-25-21-27(19-20-37-25)35-33-23-26-17-18-32(40)22-28(26)24-34(33)39(38-35)36(29-11-5-2-6-12-29,30-13-7-3-8-14-30)31-15-9-4-10-16-31;;;;/h2-22H,23H2,1H3;2-21,23-24H,22H2,1H3;4*1H4. The summed E-state index contributed by atoms with van der Waals surface area (Å²) in [5.74, 6) is 0.191. The third-order valence-corrected chi connectivity index (χ3v) is 16.4. The second-order valence-electron chi connectivity index (χ2n) is 20.7. The van der Waals surface area contributed by atoms with E-state index in [0.29, 0.717) is 17.3 Å². The number of ketones is 2. The average molecular weight is 1180 g/mol. The molecule has 0 saturated heterocycles. The van der Waals surface area contributed by atoms with Crippen molar-refractivity contribution in [2.75, 3.05) is 0 Å². The van der Waals surface area contributed by atoms with Crippen molar-refractivity contribution in [1.82, 2.24) is 29.5 Å². The number of nitrogens with zero attached hydrogens (tertiary/aromatic N) is 6. The summed E-state index contributed by atoms with van der Waals surface area (Å²) in [7, 11) is 0. The Morgan fingerprint density at radius 1 is 0.412 bits per heavy atom. The van der Waals surface area contributed by atoms with Gasteiger partial charge in [0.1, 0.15) is 22.5 Å². The normalized spacial score (nSPS) is 12.5. The highest BCUT2D eigenvalue weighted by Crippen LogP contribution is 2.47. The van der Waals surface area contributed by atoms with Gasteiger partial charge in [-0.15, -0.1) is 0 Å². The number of aryl methyl sites for hydroxylation is 2. The van der Waals surface area contributed by atoms with Gasteiger partial charge in [0.15, 0.2) is 11.6 Å². The fourth-order valence-electron chi connectivity index (χ4n) is 12.1. The van der Waals surface area contributed by atoms with E-state index < -0.39 is 11.1 Å². The van der Waals surface area contributed by atoms with Crippen LogP contribution in [0.2, 0.25) is 0 Å². The minimum Gasteiger partial charge on any atom is -0.294 e. The number of hydrogen-bond donors (Lipinski definition) is 0. The molecule has 9 heteroatoms. The molecule has 0 saturated carbocycles. The van der Waals surface area contributed by atoms with Gasteiger partial charge < -0.3 is 0 Å². The second kappa shape index (κ2) is 25.0. The highest BCUT2D eigenvalue weighted by Gasteiger charge is 2.43. The van der Waals surface area contributed by atoms with E-state index in [1.54, 1.807) is 6.08 Å². The molecule has 0 amide bonds. The molecule has 0 N–H and O–H groups in total. The zero-order valence-corrected chi connectivity index (χ0v) is 46.2. The Morgan fingerprint density at radius 3 is 1.11 bits per heavy atom. The summed E-state index contributed by atoms with van der Waals surface area (Å²) >= 11 is 3.47. The highest BCUT2D eigenvalue weighted by atomic mass is 79.9. The highest BCUT2D eigenvalue weighted by molar-refractivity contribution is 9.12. The van der Waals surface area contributed by atoms with Gasteiger partial charge in [-0.2, -0.15) is 10.2 Å². The second-order valence-corrected chi connectivity index (χ2v) is 21.6. The van der Waals surface area contributed by atoms with Crippen LogP contribution in [0, 0.1) is 13.8 Å². The molecule has 85 heavy (non-hydrogen) atoms. The van der Waals surface area contributed by atoms with Crippen molar-refractivity contribution in [3.05, 3.63) is 320 Å². The van der Waals surface area contributed by atoms with Crippen LogP contribution in [-0.2, 0) is 33.5 Å². The van der Waals surface area contributed by atoms with Crippen molar-refractivity contribution in [1.29, 1.82) is 0 Å². The molecule has 4 heterocycles. The number of hydrogen-bond acceptors (Lipinski definition) is 6. The van der Waals surface area contributed by atoms with Crippen LogP contribution in [0.5, 0.6) is 0 Å². The molecule has 12 aromatic rings. The molecule has 0 aliphatic heterocycles. The first-order valence-electron chi connectivity index (χ1n) is 27.1. The van der Waals surface area contributed by atoms with Crippen LogP contribution in [0.15, 0.2) is 253 Å². The van der Waals surface area contributed by atoms with Crippen molar-refractivity contribution in [3.8, 4) is 22.5 Å². The van der Waals surface area contributed by atoms with Crippen molar-refractivity contribution in [3.63, 3.8) is 0 Å². The first kappa shape index (κ1) is 59.9. The van der Waals surface area contributed by atoms with Crippen LogP contribution < -0.4 is 0 Å². The van der Waals surface area contributed by atoms with E-state index >= 15 is 0 Å². The van der Waals surface area contributed by atoms with Crippen LogP contribution in [0.25, 0.3) is 56.5 Å². The molecule has 422 valence electrons. The van der Waals surface area contributed by atoms with E-state index in [9.17, 15) is 9.59 Å². The molecule has 8 nitrogen and oxygen atoms in total. The van der Waals surface area contributed by atoms with Gasteiger partial charge in [0.25, 0.3) is 0 Å². The Labute approximate surface area is 508 Å². The van der Waals surface area contributed by atoms with Gasteiger partial charge in [-0.25, -0.2) is 9.36 Å². The zero-order valence-electron chi connectivity index (χ0n) is 44.6. The lowest BCUT2D eigenvalue weighted by Gasteiger charge is -2.37. The summed E-state index contributed by atoms with van der Waals surface area (Å²) in [5.41, 5.74) is 16.7. The Bertz CT molecular complexity index is 4210. The minimum absolute atomic E-state index is 0. The topological polar surface area (TPSA) is 95.6 Å². The number of carbonyl (C=O) groups is 2. The SMILES string of the molecule is C.C.C.C.Cc1cc(-c2nn(C(c3ccccc3)(c3ccccc3)c3ccccc3)c3cc4c(cc23)C=C(Br)C(=O)C4)ccn1.Cc1cc(-c2nn(C(c3ccccc3)(c3ccccc3)c3ccccc3)c3cc4c(cc23)C=CC(=O)C4)ccn1. The summed E-state index contributed by atoms with van der Waals surface area (Å²) in [6.45, 7) is 4.00. The fraction of sp³-hybridized carbons (Fsp3) is 0.132. The van der Waals surface area contributed by atoms with Crippen molar-refractivity contribution in [2.24, 2.45) is 0 Å². The van der Waals surface area contributed by atoms with Crippen LogP contribution in [0.1, 0.15) is 96.7 Å². The lowest BCUT2D eigenvalue weighted by atomic mass is 9.77. The van der Waals surface area contributed by atoms with Crippen molar-refractivity contribution >= 4 is 61.5 Å². The predicted molar refractivity (Wildman–Crippen MR) is 355 cm³/mol. The summed E-state index contributed by atoms with van der Waals surface area (Å²) in [6.07, 6.45) is 9.93. The van der Waals surface area contributed by atoms with Crippen molar-refractivity contribution in [2.45, 2.75) is 67.5 Å². The van der Waals surface area contributed by atoms with Gasteiger partial charge >= 0.3 is 0 Å². The van der Waals surface area contributed by atoms with Gasteiger partial charge in [0.05, 0.1) is 15.5 Å². The summed E-state index contributed by atoms with van der Waals surface area (Å²) in [6, 6.07) is 80.2. The molecule has 0 unspecified atom stereocenters. The Hall–Kier alpha value is -9.70. The number of benzene rings is 8. The number of allylic oxidation sites excluding steroid dienone is 2. The van der Waals surface area contributed by atoms with Crippen LogP contribution in [-0.4, -0.2) is 41.1 Å². The molecule has 2 aliphatic rings. The maximum atomic E-state index is 12.8. The lowest BCUT2D eigenvalue weighted by molar-refractivity contribution is -0.115. The number of Topliss-reactive ketones (excluding diaryl/α,β-unsaturated/α-hetero) is 1. The van der Waals surface area contributed by atoms with Gasteiger partial charge in [0, 0.05) is 58.5 Å². The molecule has 0 spiro atoms. The van der Waals surface area contributed by atoms with E-state index in [4.69, 9.17) is 10.2 Å². The molecular weight excluding hydrogens is 1110 g/mol. The number of rotatable bonds is 10. The van der Waals surface area contributed by atoms with Gasteiger partial charge in [0.2, 0.25) is 0 Å². The summed E-state index contributed by atoms with van der Waals surface area (Å²) < 4.78 is 4.95. The molecule has 4 aromatic heterocycles. The van der Waals surface area contributed by atoms with Crippen LogP contribution in [0.3, 0.4) is 0 Å². The lowest BCUT2D eigenvalue weighted by Crippen LogP contribution is -2.38. The molecule has 0 fully saturated rings. The van der Waals surface area contributed by atoms with Crippen molar-refractivity contribution < 1.29 is 9.59 Å².